The highest BCUT2D eigenvalue weighted by Gasteiger charge is 2.41. The molecule has 2 N–H and O–H groups in total. The average Bonchev–Trinajstić information content (AvgIpc) is 3.06. The molecule has 2 saturated carbocycles. The van der Waals surface area contributed by atoms with Gasteiger partial charge in [-0.15, -0.1) is 10.2 Å². The fourth-order valence-corrected chi connectivity index (χ4v) is 4.91. The SMILES string of the molecule is Oc1cc(-c2cn[nH]c2)c(F)cc1-c1nnc(N(C2CC2)[C@H]2CCC[C@H]2F)s1. The molecule has 6 nitrogen and oxygen atoms in total. The van der Waals surface area contributed by atoms with Gasteiger partial charge < -0.3 is 10.0 Å². The van der Waals surface area contributed by atoms with Crippen molar-refractivity contribution in [2.24, 2.45) is 0 Å². The molecule has 0 unspecified atom stereocenters. The Morgan fingerprint density at radius 1 is 1.14 bits per heavy atom. The fourth-order valence-electron chi connectivity index (χ4n) is 3.91. The summed E-state index contributed by atoms with van der Waals surface area (Å²) >= 11 is 1.27. The number of rotatable bonds is 5. The number of halogens is 2. The number of aromatic hydroxyl groups is 1. The van der Waals surface area contributed by atoms with Gasteiger partial charge in [-0.3, -0.25) is 5.10 Å². The van der Waals surface area contributed by atoms with Crippen LogP contribution in [-0.4, -0.2) is 43.8 Å². The molecule has 0 radical (unpaired) electrons. The lowest BCUT2D eigenvalue weighted by Crippen LogP contribution is -2.40. The lowest BCUT2D eigenvalue weighted by atomic mass is 10.1. The molecule has 0 aliphatic heterocycles. The monoisotopic (exact) mass is 403 g/mol. The number of aromatic amines is 1. The van der Waals surface area contributed by atoms with Crippen LogP contribution in [0.1, 0.15) is 32.1 Å². The highest BCUT2D eigenvalue weighted by atomic mass is 32.1. The van der Waals surface area contributed by atoms with E-state index in [1.807, 2.05) is 0 Å². The highest BCUT2D eigenvalue weighted by molar-refractivity contribution is 7.18. The van der Waals surface area contributed by atoms with E-state index >= 15 is 0 Å². The van der Waals surface area contributed by atoms with Crippen molar-refractivity contribution in [3.63, 3.8) is 0 Å². The van der Waals surface area contributed by atoms with E-state index in [0.717, 1.165) is 25.7 Å². The largest absolute Gasteiger partial charge is 0.507 e. The molecule has 28 heavy (non-hydrogen) atoms. The second-order valence-electron chi connectivity index (χ2n) is 7.38. The Labute approximate surface area is 164 Å². The Morgan fingerprint density at radius 3 is 2.68 bits per heavy atom. The number of anilines is 1. The van der Waals surface area contributed by atoms with Crippen molar-refractivity contribution in [2.45, 2.75) is 50.4 Å². The molecule has 2 atom stereocenters. The number of hydrogen-bond acceptors (Lipinski definition) is 6. The van der Waals surface area contributed by atoms with E-state index in [4.69, 9.17) is 0 Å². The van der Waals surface area contributed by atoms with Gasteiger partial charge in [0.15, 0.2) is 5.01 Å². The summed E-state index contributed by atoms with van der Waals surface area (Å²) in [7, 11) is 0. The maximum Gasteiger partial charge on any atom is 0.209 e. The minimum Gasteiger partial charge on any atom is -0.507 e. The Morgan fingerprint density at radius 2 is 2.00 bits per heavy atom. The summed E-state index contributed by atoms with van der Waals surface area (Å²) in [6, 6.07) is 2.76. The van der Waals surface area contributed by atoms with Gasteiger partial charge in [-0.05, 0) is 44.2 Å². The van der Waals surface area contributed by atoms with Crippen LogP contribution in [0.3, 0.4) is 0 Å². The van der Waals surface area contributed by atoms with E-state index in [2.05, 4.69) is 25.3 Å². The number of hydrogen-bond donors (Lipinski definition) is 2. The maximum atomic E-state index is 14.6. The summed E-state index contributed by atoms with van der Waals surface area (Å²) < 4.78 is 29.0. The Hall–Kier alpha value is -2.55. The van der Waals surface area contributed by atoms with Crippen molar-refractivity contribution < 1.29 is 13.9 Å². The molecule has 0 spiro atoms. The first kappa shape index (κ1) is 17.5. The van der Waals surface area contributed by atoms with Crippen molar-refractivity contribution in [1.29, 1.82) is 0 Å². The summed E-state index contributed by atoms with van der Waals surface area (Å²) in [6.07, 6.45) is 6.52. The molecule has 0 amide bonds. The number of H-pyrrole nitrogens is 1. The first-order valence-corrected chi connectivity index (χ1v) is 10.2. The zero-order valence-corrected chi connectivity index (χ0v) is 15.8. The topological polar surface area (TPSA) is 77.9 Å². The van der Waals surface area contributed by atoms with Gasteiger partial charge in [0, 0.05) is 23.4 Å². The molecule has 2 aliphatic carbocycles. The molecule has 2 fully saturated rings. The number of nitrogens with one attached hydrogen (secondary N) is 1. The Bertz CT molecular complexity index is 988. The molecule has 0 bridgehead atoms. The third-order valence-electron chi connectivity index (χ3n) is 5.46. The van der Waals surface area contributed by atoms with Crippen molar-refractivity contribution in [1.82, 2.24) is 20.4 Å². The molecule has 1 aromatic carbocycles. The number of aromatic nitrogens is 4. The predicted octanol–water partition coefficient (Wildman–Crippen LogP) is 4.30. The Balaban J connectivity index is 1.48. The summed E-state index contributed by atoms with van der Waals surface area (Å²) in [4.78, 5) is 2.06. The first-order valence-electron chi connectivity index (χ1n) is 9.40. The Kier molecular flexibility index (Phi) is 4.26. The zero-order valence-electron chi connectivity index (χ0n) is 15.0. The summed E-state index contributed by atoms with van der Waals surface area (Å²) in [6.45, 7) is 0. The van der Waals surface area contributed by atoms with Gasteiger partial charge in [0.2, 0.25) is 5.13 Å². The summed E-state index contributed by atoms with van der Waals surface area (Å²) in [5.74, 6) is -0.563. The van der Waals surface area contributed by atoms with Crippen LogP contribution in [-0.2, 0) is 0 Å². The van der Waals surface area contributed by atoms with Crippen molar-refractivity contribution in [2.75, 3.05) is 4.90 Å². The normalized spacial score (nSPS) is 21.9. The van der Waals surface area contributed by atoms with E-state index in [0.29, 0.717) is 28.2 Å². The van der Waals surface area contributed by atoms with Gasteiger partial charge in [0.1, 0.15) is 17.7 Å². The van der Waals surface area contributed by atoms with Crippen LogP contribution >= 0.6 is 11.3 Å². The van der Waals surface area contributed by atoms with Gasteiger partial charge in [0.05, 0.1) is 17.8 Å². The van der Waals surface area contributed by atoms with E-state index < -0.39 is 12.0 Å². The molecule has 9 heteroatoms. The number of benzene rings is 1. The third-order valence-corrected chi connectivity index (χ3v) is 6.43. The molecule has 2 aliphatic rings. The van der Waals surface area contributed by atoms with E-state index in [1.54, 1.807) is 6.20 Å². The molecular formula is C19H19F2N5OS. The minimum absolute atomic E-state index is 0.0810. The molecule has 3 aromatic rings. The van der Waals surface area contributed by atoms with E-state index in [1.165, 1.54) is 29.7 Å². The lowest BCUT2D eigenvalue weighted by molar-refractivity contribution is 0.300. The third kappa shape index (κ3) is 3.03. The van der Waals surface area contributed by atoms with E-state index in [9.17, 15) is 13.9 Å². The quantitative estimate of drug-likeness (QED) is 0.664. The van der Waals surface area contributed by atoms with Crippen LogP contribution in [0.2, 0.25) is 0 Å². The number of nitrogens with zero attached hydrogens (tertiary/aromatic N) is 4. The van der Waals surface area contributed by atoms with Crippen LogP contribution < -0.4 is 4.90 Å². The van der Waals surface area contributed by atoms with Crippen LogP contribution in [0.25, 0.3) is 21.7 Å². The lowest BCUT2D eigenvalue weighted by Gasteiger charge is -2.29. The molecular weight excluding hydrogens is 384 g/mol. The van der Waals surface area contributed by atoms with Gasteiger partial charge in [-0.2, -0.15) is 5.10 Å². The highest BCUT2D eigenvalue weighted by Crippen LogP contribution is 2.43. The molecule has 2 aromatic heterocycles. The molecule has 146 valence electrons. The van der Waals surface area contributed by atoms with Crippen molar-refractivity contribution >= 4 is 16.5 Å². The number of phenolic OH excluding ortho intramolecular Hbond substituents is 1. The van der Waals surface area contributed by atoms with Crippen LogP contribution in [0, 0.1) is 5.82 Å². The number of phenols is 1. The zero-order chi connectivity index (χ0) is 19.3. The second-order valence-corrected chi connectivity index (χ2v) is 8.33. The molecule has 0 saturated heterocycles. The van der Waals surface area contributed by atoms with Gasteiger partial charge in [0.25, 0.3) is 0 Å². The maximum absolute atomic E-state index is 14.6. The van der Waals surface area contributed by atoms with Crippen LogP contribution in [0.5, 0.6) is 5.75 Å². The van der Waals surface area contributed by atoms with Gasteiger partial charge >= 0.3 is 0 Å². The summed E-state index contributed by atoms with van der Waals surface area (Å²) in [5.41, 5.74) is 1.09. The fraction of sp³-hybridized carbons (Fsp3) is 0.421. The second kappa shape index (κ2) is 6.80. The standard InChI is InChI=1S/C19H19F2N5OS/c20-14-2-1-3-16(14)26(11-4-5-11)19-25-24-18(28-19)13-6-15(21)12(7-17(13)27)10-8-22-23-9-10/h6-9,11,14,16,27H,1-5H2,(H,22,23)/t14-,16+/m1/s1. The minimum atomic E-state index is -0.854. The first-order chi connectivity index (χ1) is 13.6. The smallest absolute Gasteiger partial charge is 0.209 e. The van der Waals surface area contributed by atoms with Crippen LogP contribution in [0.4, 0.5) is 13.9 Å². The molecule has 5 rings (SSSR count). The van der Waals surface area contributed by atoms with Crippen molar-refractivity contribution in [3.05, 3.63) is 30.3 Å². The summed E-state index contributed by atoms with van der Waals surface area (Å²) in [5, 5.41) is 26.4. The van der Waals surface area contributed by atoms with Gasteiger partial charge in [-0.25, -0.2) is 8.78 Å². The van der Waals surface area contributed by atoms with E-state index in [-0.39, 0.29) is 22.9 Å². The predicted molar refractivity (Wildman–Crippen MR) is 103 cm³/mol. The average molecular weight is 403 g/mol. The van der Waals surface area contributed by atoms with Gasteiger partial charge in [-0.1, -0.05) is 11.3 Å². The van der Waals surface area contributed by atoms with Crippen LogP contribution in [0.15, 0.2) is 24.5 Å². The number of alkyl halides is 1. The van der Waals surface area contributed by atoms with Crippen molar-refractivity contribution in [3.8, 4) is 27.4 Å². The molecule has 2 heterocycles.